The molecule has 3 heterocycles. The molecule has 0 saturated carbocycles. The van der Waals surface area contributed by atoms with Crippen molar-refractivity contribution < 1.29 is 13.5 Å². The van der Waals surface area contributed by atoms with E-state index in [1.807, 2.05) is 12.1 Å². The van der Waals surface area contributed by atoms with E-state index in [0.717, 1.165) is 5.76 Å². The summed E-state index contributed by atoms with van der Waals surface area (Å²) in [5, 5.41) is 3.60. The average molecular weight is 415 g/mol. The first-order chi connectivity index (χ1) is 14.1. The van der Waals surface area contributed by atoms with E-state index in [1.54, 1.807) is 18.5 Å². The van der Waals surface area contributed by atoms with E-state index in [1.165, 1.54) is 18.2 Å². The molecule has 4 rings (SSSR count). The Balaban J connectivity index is 1.53. The topological polar surface area (TPSA) is 93.0 Å². The Morgan fingerprint density at radius 1 is 1.24 bits per heavy atom. The normalized spacial score (nSPS) is 11.1. The van der Waals surface area contributed by atoms with E-state index in [9.17, 15) is 9.18 Å². The van der Waals surface area contributed by atoms with E-state index in [0.29, 0.717) is 41.3 Å². The number of nitrogens with one attached hydrogen (secondary N) is 2. The SMILES string of the molecule is O=c1[nH]c(COc2ccc(F)c(Cl)c2)nc2c(CNCc3ccco3)nccc12. The van der Waals surface area contributed by atoms with Crippen molar-refractivity contribution in [1.29, 1.82) is 0 Å². The zero-order valence-electron chi connectivity index (χ0n) is 15.1. The van der Waals surface area contributed by atoms with Crippen LogP contribution in [0.4, 0.5) is 4.39 Å². The number of aromatic nitrogens is 3. The van der Waals surface area contributed by atoms with Gasteiger partial charge in [0.25, 0.3) is 5.56 Å². The maximum absolute atomic E-state index is 13.3. The summed E-state index contributed by atoms with van der Waals surface area (Å²) in [6.45, 7) is 0.916. The summed E-state index contributed by atoms with van der Waals surface area (Å²) in [5.41, 5.74) is 0.825. The second kappa shape index (κ2) is 8.42. The molecule has 7 nitrogen and oxygen atoms in total. The maximum atomic E-state index is 13.3. The molecule has 3 aromatic heterocycles. The van der Waals surface area contributed by atoms with Gasteiger partial charge in [0.2, 0.25) is 0 Å². The zero-order chi connectivity index (χ0) is 20.2. The zero-order valence-corrected chi connectivity index (χ0v) is 15.9. The maximum Gasteiger partial charge on any atom is 0.258 e. The standard InChI is InChI=1S/C20H16ClFN4O3/c21-15-8-12(3-4-16(15)22)29-11-18-25-19-14(20(27)26-18)5-6-24-17(19)10-23-9-13-2-1-7-28-13/h1-8,23H,9-11H2,(H,25,26,27). The van der Waals surface area contributed by atoms with Gasteiger partial charge in [0.15, 0.2) is 0 Å². The summed E-state index contributed by atoms with van der Waals surface area (Å²) < 4.78 is 24.1. The second-order valence-electron chi connectivity index (χ2n) is 6.21. The highest BCUT2D eigenvalue weighted by atomic mass is 35.5. The van der Waals surface area contributed by atoms with Gasteiger partial charge in [0.1, 0.15) is 35.3 Å². The molecule has 0 bridgehead atoms. The number of fused-ring (bicyclic) bond motifs is 1. The fourth-order valence-electron chi connectivity index (χ4n) is 2.80. The van der Waals surface area contributed by atoms with Gasteiger partial charge in [0.05, 0.1) is 28.9 Å². The van der Waals surface area contributed by atoms with Crippen LogP contribution in [0.5, 0.6) is 5.75 Å². The first-order valence-corrected chi connectivity index (χ1v) is 9.15. The number of benzene rings is 1. The van der Waals surface area contributed by atoms with Crippen LogP contribution in [0, 0.1) is 5.82 Å². The molecule has 9 heteroatoms. The van der Waals surface area contributed by atoms with Crippen molar-refractivity contribution in [3.05, 3.63) is 87.3 Å². The molecular weight excluding hydrogens is 399 g/mol. The van der Waals surface area contributed by atoms with Crippen LogP contribution in [-0.2, 0) is 19.7 Å². The van der Waals surface area contributed by atoms with Crippen molar-refractivity contribution in [2.45, 2.75) is 19.7 Å². The molecule has 0 radical (unpaired) electrons. The summed E-state index contributed by atoms with van der Waals surface area (Å²) >= 11 is 5.75. The third kappa shape index (κ3) is 4.44. The Morgan fingerprint density at radius 2 is 2.14 bits per heavy atom. The van der Waals surface area contributed by atoms with Crippen molar-refractivity contribution >= 4 is 22.5 Å². The van der Waals surface area contributed by atoms with Crippen LogP contribution in [0.25, 0.3) is 10.9 Å². The van der Waals surface area contributed by atoms with Crippen LogP contribution in [-0.4, -0.2) is 15.0 Å². The van der Waals surface area contributed by atoms with Crippen LogP contribution < -0.4 is 15.6 Å². The third-order valence-electron chi connectivity index (χ3n) is 4.19. The third-order valence-corrected chi connectivity index (χ3v) is 4.48. The molecule has 29 heavy (non-hydrogen) atoms. The van der Waals surface area contributed by atoms with E-state index in [-0.39, 0.29) is 17.2 Å². The minimum atomic E-state index is -0.533. The number of furan rings is 1. The summed E-state index contributed by atoms with van der Waals surface area (Å²) in [6, 6.07) is 9.31. The fourth-order valence-corrected chi connectivity index (χ4v) is 2.97. The quantitative estimate of drug-likeness (QED) is 0.480. The first kappa shape index (κ1) is 19.1. The minimum absolute atomic E-state index is 0.0126. The highest BCUT2D eigenvalue weighted by molar-refractivity contribution is 6.30. The highest BCUT2D eigenvalue weighted by Crippen LogP contribution is 2.21. The number of halogens is 2. The molecule has 0 spiro atoms. The van der Waals surface area contributed by atoms with Gasteiger partial charge in [-0.1, -0.05) is 11.6 Å². The second-order valence-corrected chi connectivity index (χ2v) is 6.62. The van der Waals surface area contributed by atoms with Crippen molar-refractivity contribution in [2.75, 3.05) is 0 Å². The molecule has 148 valence electrons. The van der Waals surface area contributed by atoms with Gasteiger partial charge in [-0.15, -0.1) is 0 Å². The summed E-state index contributed by atoms with van der Waals surface area (Å²) in [6.07, 6.45) is 3.18. The Labute approximate surface area is 169 Å². The minimum Gasteiger partial charge on any atom is -0.486 e. The van der Waals surface area contributed by atoms with Crippen LogP contribution in [0.1, 0.15) is 17.3 Å². The predicted octanol–water partition coefficient (Wildman–Crippen LogP) is 3.57. The van der Waals surface area contributed by atoms with Crippen LogP contribution >= 0.6 is 11.6 Å². The van der Waals surface area contributed by atoms with Crippen LogP contribution in [0.15, 0.2) is 58.1 Å². The molecule has 0 saturated heterocycles. The Bertz CT molecular complexity index is 1190. The summed E-state index contributed by atoms with van der Waals surface area (Å²) in [7, 11) is 0. The molecule has 0 fully saturated rings. The molecule has 0 unspecified atom stereocenters. The van der Waals surface area contributed by atoms with Crippen molar-refractivity contribution in [2.24, 2.45) is 0 Å². The molecule has 2 N–H and O–H groups in total. The van der Waals surface area contributed by atoms with E-state index in [4.69, 9.17) is 20.8 Å². The average Bonchev–Trinajstić information content (AvgIpc) is 3.23. The molecule has 1 aromatic carbocycles. The van der Waals surface area contributed by atoms with Gasteiger partial charge in [0, 0.05) is 18.8 Å². The monoisotopic (exact) mass is 414 g/mol. The summed E-state index contributed by atoms with van der Waals surface area (Å²) in [4.78, 5) is 24.0. The van der Waals surface area contributed by atoms with Crippen molar-refractivity contribution in [3.63, 3.8) is 0 Å². The van der Waals surface area contributed by atoms with Gasteiger partial charge in [-0.25, -0.2) is 9.37 Å². The molecular formula is C20H16ClFN4O3. The molecule has 0 aliphatic rings. The largest absolute Gasteiger partial charge is 0.486 e. The number of hydrogen-bond donors (Lipinski definition) is 2. The molecule has 0 aliphatic carbocycles. The molecule has 0 amide bonds. The van der Waals surface area contributed by atoms with Crippen molar-refractivity contribution in [3.8, 4) is 5.75 Å². The van der Waals surface area contributed by atoms with E-state index in [2.05, 4.69) is 20.3 Å². The lowest BCUT2D eigenvalue weighted by Crippen LogP contribution is -2.18. The van der Waals surface area contributed by atoms with E-state index >= 15 is 0 Å². The molecule has 4 aromatic rings. The van der Waals surface area contributed by atoms with Gasteiger partial charge in [-0.3, -0.25) is 9.78 Å². The Hall–Kier alpha value is -3.23. The number of ether oxygens (including phenoxy) is 1. The molecule has 0 aliphatic heterocycles. The predicted molar refractivity (Wildman–Crippen MR) is 105 cm³/mol. The lowest BCUT2D eigenvalue weighted by molar-refractivity contribution is 0.295. The number of pyridine rings is 1. The van der Waals surface area contributed by atoms with Crippen LogP contribution in [0.3, 0.4) is 0 Å². The van der Waals surface area contributed by atoms with Gasteiger partial charge < -0.3 is 19.5 Å². The molecule has 0 atom stereocenters. The van der Waals surface area contributed by atoms with E-state index < -0.39 is 5.82 Å². The lowest BCUT2D eigenvalue weighted by Gasteiger charge is -2.09. The van der Waals surface area contributed by atoms with Gasteiger partial charge in [-0.2, -0.15) is 0 Å². The Kier molecular flexibility index (Phi) is 5.55. The Morgan fingerprint density at radius 3 is 2.93 bits per heavy atom. The smallest absolute Gasteiger partial charge is 0.258 e. The number of hydrogen-bond acceptors (Lipinski definition) is 6. The number of nitrogens with zero attached hydrogens (tertiary/aromatic N) is 2. The fraction of sp³-hybridized carbons (Fsp3) is 0.150. The van der Waals surface area contributed by atoms with Gasteiger partial charge in [-0.05, 0) is 30.3 Å². The number of aromatic amines is 1. The van der Waals surface area contributed by atoms with Gasteiger partial charge >= 0.3 is 0 Å². The number of H-pyrrole nitrogens is 1. The number of rotatable bonds is 7. The van der Waals surface area contributed by atoms with Crippen molar-refractivity contribution in [1.82, 2.24) is 20.3 Å². The van der Waals surface area contributed by atoms with Crippen LogP contribution in [0.2, 0.25) is 5.02 Å². The highest BCUT2D eigenvalue weighted by Gasteiger charge is 2.11. The lowest BCUT2D eigenvalue weighted by atomic mass is 10.2. The summed E-state index contributed by atoms with van der Waals surface area (Å²) in [5.74, 6) is 0.950. The first-order valence-electron chi connectivity index (χ1n) is 8.78.